The molecule has 6 heteroatoms. The fourth-order valence-electron chi connectivity index (χ4n) is 2.40. The Labute approximate surface area is 110 Å². The molecule has 0 radical (unpaired) electrons. The third-order valence-electron chi connectivity index (χ3n) is 3.48. The predicted octanol–water partition coefficient (Wildman–Crippen LogP) is 3.00. The van der Waals surface area contributed by atoms with Gasteiger partial charge in [-0.15, -0.1) is 0 Å². The van der Waals surface area contributed by atoms with Gasteiger partial charge in [0, 0.05) is 18.2 Å². The molecule has 1 heterocycles. The third-order valence-corrected chi connectivity index (χ3v) is 3.48. The second-order valence-electron chi connectivity index (χ2n) is 4.82. The molecule has 0 aromatic carbocycles. The zero-order valence-corrected chi connectivity index (χ0v) is 10.5. The first-order chi connectivity index (χ1) is 9.00. The van der Waals surface area contributed by atoms with Crippen LogP contribution in [-0.2, 0) is 6.18 Å². The Balaban J connectivity index is 2.10. The van der Waals surface area contributed by atoms with Gasteiger partial charge in [-0.3, -0.25) is 0 Å². The lowest BCUT2D eigenvalue weighted by molar-refractivity contribution is -0.137. The van der Waals surface area contributed by atoms with Crippen LogP contribution in [0.25, 0.3) is 0 Å². The molecule has 1 saturated carbocycles. The summed E-state index contributed by atoms with van der Waals surface area (Å²) >= 11 is 0. The number of halogens is 3. The van der Waals surface area contributed by atoms with Crippen LogP contribution in [0.15, 0.2) is 18.3 Å². The number of nitrogens with two attached hydrogens (primary N) is 1. The largest absolute Gasteiger partial charge is 0.474 e. The smallest absolute Gasteiger partial charge is 0.416 e. The number of pyridine rings is 1. The van der Waals surface area contributed by atoms with E-state index in [1.165, 1.54) is 0 Å². The number of nitrogens with zero attached hydrogens (tertiary/aromatic N) is 1. The number of alkyl halides is 3. The van der Waals surface area contributed by atoms with Crippen molar-refractivity contribution in [2.75, 3.05) is 6.54 Å². The van der Waals surface area contributed by atoms with E-state index >= 15 is 0 Å². The molecule has 106 valence electrons. The van der Waals surface area contributed by atoms with Gasteiger partial charge in [-0.05, 0) is 31.9 Å². The summed E-state index contributed by atoms with van der Waals surface area (Å²) in [5.41, 5.74) is 4.93. The molecular weight excluding hydrogens is 257 g/mol. The van der Waals surface area contributed by atoms with Gasteiger partial charge in [-0.25, -0.2) is 4.98 Å². The molecule has 0 amide bonds. The zero-order valence-electron chi connectivity index (χ0n) is 10.5. The van der Waals surface area contributed by atoms with Gasteiger partial charge in [0.05, 0.1) is 5.56 Å². The van der Waals surface area contributed by atoms with Crippen LogP contribution in [-0.4, -0.2) is 17.6 Å². The Morgan fingerprint density at radius 2 is 2.05 bits per heavy atom. The fourth-order valence-corrected chi connectivity index (χ4v) is 2.40. The average Bonchev–Trinajstić information content (AvgIpc) is 2.39. The summed E-state index contributed by atoms with van der Waals surface area (Å²) in [5, 5.41) is 0. The van der Waals surface area contributed by atoms with Crippen LogP contribution in [0.4, 0.5) is 13.2 Å². The molecule has 19 heavy (non-hydrogen) atoms. The van der Waals surface area contributed by atoms with Gasteiger partial charge in [0.1, 0.15) is 6.10 Å². The highest BCUT2D eigenvalue weighted by molar-refractivity contribution is 5.23. The van der Waals surface area contributed by atoms with Crippen molar-refractivity contribution in [3.63, 3.8) is 0 Å². The first-order valence-corrected chi connectivity index (χ1v) is 6.40. The third kappa shape index (κ3) is 3.59. The number of ether oxygens (including phenoxy) is 1. The molecule has 0 bridgehead atoms. The van der Waals surface area contributed by atoms with Crippen LogP contribution in [0.2, 0.25) is 0 Å². The molecular formula is C13H17F3N2O. The van der Waals surface area contributed by atoms with Crippen molar-refractivity contribution in [1.82, 2.24) is 4.98 Å². The first-order valence-electron chi connectivity index (χ1n) is 6.40. The van der Waals surface area contributed by atoms with Crippen molar-refractivity contribution in [3.8, 4) is 5.88 Å². The van der Waals surface area contributed by atoms with Crippen LogP contribution < -0.4 is 10.5 Å². The summed E-state index contributed by atoms with van der Waals surface area (Å²) in [6, 6.07) is 1.89. The summed E-state index contributed by atoms with van der Waals surface area (Å²) in [5.74, 6) is 0.227. The van der Waals surface area contributed by atoms with E-state index in [2.05, 4.69) is 4.98 Å². The van der Waals surface area contributed by atoms with Gasteiger partial charge in [0.2, 0.25) is 5.88 Å². The average molecular weight is 274 g/mol. The van der Waals surface area contributed by atoms with Crippen LogP contribution in [0.1, 0.15) is 31.2 Å². The topological polar surface area (TPSA) is 48.1 Å². The molecule has 1 aliphatic carbocycles. The zero-order chi connectivity index (χ0) is 13.9. The van der Waals surface area contributed by atoms with Gasteiger partial charge in [0.15, 0.2) is 0 Å². The van der Waals surface area contributed by atoms with Gasteiger partial charge >= 0.3 is 6.18 Å². The van der Waals surface area contributed by atoms with Crippen molar-refractivity contribution >= 4 is 0 Å². The lowest BCUT2D eigenvalue weighted by Gasteiger charge is -2.30. The number of aromatic nitrogens is 1. The maximum Gasteiger partial charge on any atom is 0.416 e. The molecule has 1 aromatic heterocycles. The van der Waals surface area contributed by atoms with E-state index in [0.29, 0.717) is 6.54 Å². The molecule has 3 nitrogen and oxygen atoms in total. The highest BCUT2D eigenvalue weighted by Gasteiger charge is 2.32. The molecule has 1 fully saturated rings. The van der Waals surface area contributed by atoms with Crippen molar-refractivity contribution in [2.24, 2.45) is 11.7 Å². The Bertz CT molecular complexity index is 423. The fraction of sp³-hybridized carbons (Fsp3) is 0.615. The minimum Gasteiger partial charge on any atom is -0.474 e. The molecule has 0 spiro atoms. The SMILES string of the molecule is NCC1CCCCC1Oc1cc(C(F)(F)F)ccn1. The van der Waals surface area contributed by atoms with Gasteiger partial charge < -0.3 is 10.5 Å². The molecule has 2 N–H and O–H groups in total. The van der Waals surface area contributed by atoms with Crippen LogP contribution in [0.5, 0.6) is 5.88 Å². The van der Waals surface area contributed by atoms with Crippen molar-refractivity contribution < 1.29 is 17.9 Å². The summed E-state index contributed by atoms with van der Waals surface area (Å²) in [4.78, 5) is 3.85. The predicted molar refractivity (Wildman–Crippen MR) is 64.7 cm³/mol. The monoisotopic (exact) mass is 274 g/mol. The summed E-state index contributed by atoms with van der Waals surface area (Å²) in [7, 11) is 0. The Morgan fingerprint density at radius 3 is 2.74 bits per heavy atom. The normalized spacial score (nSPS) is 24.2. The number of hydrogen-bond donors (Lipinski definition) is 1. The maximum atomic E-state index is 12.6. The molecule has 1 aliphatic rings. The minimum absolute atomic E-state index is 0.0279. The van der Waals surface area contributed by atoms with Gasteiger partial charge in [0.25, 0.3) is 0 Å². The van der Waals surface area contributed by atoms with E-state index in [9.17, 15) is 13.2 Å². The van der Waals surface area contributed by atoms with Crippen molar-refractivity contribution in [1.29, 1.82) is 0 Å². The van der Waals surface area contributed by atoms with Crippen molar-refractivity contribution in [2.45, 2.75) is 38.0 Å². The Kier molecular flexibility index (Phi) is 4.29. The summed E-state index contributed by atoms with van der Waals surface area (Å²) in [6.07, 6.45) is 0.506. The molecule has 2 unspecified atom stereocenters. The van der Waals surface area contributed by atoms with E-state index in [1.54, 1.807) is 0 Å². The van der Waals surface area contributed by atoms with E-state index in [-0.39, 0.29) is 17.9 Å². The highest BCUT2D eigenvalue weighted by Crippen LogP contribution is 2.32. The number of hydrogen-bond acceptors (Lipinski definition) is 3. The molecule has 2 rings (SSSR count). The summed E-state index contributed by atoms with van der Waals surface area (Å²) < 4.78 is 43.4. The molecule has 0 aliphatic heterocycles. The second-order valence-corrected chi connectivity index (χ2v) is 4.82. The quantitative estimate of drug-likeness (QED) is 0.921. The Morgan fingerprint density at radius 1 is 1.32 bits per heavy atom. The van der Waals surface area contributed by atoms with E-state index in [1.807, 2.05) is 0 Å². The molecule has 1 aromatic rings. The lowest BCUT2D eigenvalue weighted by atomic mass is 9.86. The second kappa shape index (κ2) is 5.77. The molecule has 2 atom stereocenters. The van der Waals surface area contributed by atoms with Crippen molar-refractivity contribution in [3.05, 3.63) is 23.9 Å². The van der Waals surface area contributed by atoms with Crippen LogP contribution >= 0.6 is 0 Å². The standard InChI is InChI=1S/C13H17F3N2O/c14-13(15,16)10-5-6-18-12(7-10)19-11-4-2-1-3-9(11)8-17/h5-7,9,11H,1-4,8,17H2. The Hall–Kier alpha value is -1.30. The number of rotatable bonds is 3. The maximum absolute atomic E-state index is 12.6. The molecule has 0 saturated heterocycles. The van der Waals surface area contributed by atoms with Crippen LogP contribution in [0.3, 0.4) is 0 Å². The minimum atomic E-state index is -4.37. The van der Waals surface area contributed by atoms with E-state index < -0.39 is 11.7 Å². The van der Waals surface area contributed by atoms with Gasteiger partial charge in [-0.1, -0.05) is 6.42 Å². The summed E-state index contributed by atoms with van der Waals surface area (Å²) in [6.45, 7) is 0.490. The first kappa shape index (κ1) is 14.1. The van der Waals surface area contributed by atoms with E-state index in [0.717, 1.165) is 44.0 Å². The van der Waals surface area contributed by atoms with Crippen LogP contribution in [0, 0.1) is 5.92 Å². The van der Waals surface area contributed by atoms with E-state index in [4.69, 9.17) is 10.5 Å². The highest BCUT2D eigenvalue weighted by atomic mass is 19.4. The lowest BCUT2D eigenvalue weighted by Crippen LogP contribution is -2.35. The van der Waals surface area contributed by atoms with Gasteiger partial charge in [-0.2, -0.15) is 13.2 Å².